The molecule has 2 bridgehead atoms. The number of nitrogens with zero attached hydrogens (tertiary/aromatic N) is 2. The van der Waals surface area contributed by atoms with Crippen LogP contribution < -0.4 is 4.74 Å². The Hall–Kier alpha value is -1.50. The van der Waals surface area contributed by atoms with E-state index in [1.54, 1.807) is 13.8 Å². The molecule has 1 saturated carbocycles. The van der Waals surface area contributed by atoms with Crippen LogP contribution in [0.25, 0.3) is 0 Å². The summed E-state index contributed by atoms with van der Waals surface area (Å²) in [5, 5.41) is 0.173. The van der Waals surface area contributed by atoms with E-state index < -0.39 is 16.8 Å². The van der Waals surface area contributed by atoms with Crippen molar-refractivity contribution in [2.45, 2.75) is 62.5 Å². The van der Waals surface area contributed by atoms with Crippen LogP contribution in [0, 0.1) is 6.92 Å². The molecular weight excluding hydrogens is 304 g/mol. The molecule has 1 aliphatic carbocycles. The van der Waals surface area contributed by atoms with Crippen molar-refractivity contribution in [2.24, 2.45) is 0 Å². The normalized spacial score (nSPS) is 27.1. The minimum Gasteiger partial charge on any atom is -0.472 e. The fraction of sp³-hybridized carbons (Fsp3) is 0.667. The second-order valence-electron chi connectivity index (χ2n) is 5.62. The van der Waals surface area contributed by atoms with Crippen LogP contribution in [-0.4, -0.2) is 38.1 Å². The second-order valence-corrected chi connectivity index (χ2v) is 7.19. The van der Waals surface area contributed by atoms with Crippen LogP contribution in [0.5, 0.6) is 5.88 Å². The summed E-state index contributed by atoms with van der Waals surface area (Å²) in [6.45, 7) is 3.72. The lowest BCUT2D eigenvalue weighted by Gasteiger charge is -2.21. The van der Waals surface area contributed by atoms with Crippen LogP contribution in [0.1, 0.15) is 55.1 Å². The van der Waals surface area contributed by atoms with Crippen LogP contribution >= 0.6 is 0 Å². The lowest BCUT2D eigenvalue weighted by atomic mass is 10.1. The summed E-state index contributed by atoms with van der Waals surface area (Å²) in [4.78, 5) is 20.7. The number of aryl methyl sites for hydroxylation is 1. The Bertz CT molecular complexity index is 620. The van der Waals surface area contributed by atoms with E-state index >= 15 is 0 Å². The Kier molecular flexibility index (Phi) is 4.42. The maximum absolute atomic E-state index is 12.7. The van der Waals surface area contributed by atoms with Gasteiger partial charge in [-0.2, -0.15) is 4.98 Å². The van der Waals surface area contributed by atoms with Crippen molar-refractivity contribution in [3.63, 3.8) is 0 Å². The fourth-order valence-electron chi connectivity index (χ4n) is 3.03. The van der Waals surface area contributed by atoms with Gasteiger partial charge in [0, 0.05) is 0 Å². The van der Waals surface area contributed by atoms with Crippen molar-refractivity contribution < 1.29 is 18.5 Å². The number of ether oxygens (including phenoxy) is 2. The predicted octanol–water partition coefficient (Wildman–Crippen LogP) is 2.16. The predicted molar refractivity (Wildman–Crippen MR) is 80.4 cm³/mol. The van der Waals surface area contributed by atoms with Crippen LogP contribution in [0.4, 0.5) is 0 Å². The van der Waals surface area contributed by atoms with E-state index in [9.17, 15) is 9.00 Å². The Morgan fingerprint density at radius 2 is 2.09 bits per heavy atom. The number of fused-ring (bicyclic) bond motifs is 3. The van der Waals surface area contributed by atoms with Crippen molar-refractivity contribution >= 4 is 16.8 Å². The van der Waals surface area contributed by atoms with E-state index in [0.29, 0.717) is 5.69 Å². The van der Waals surface area contributed by atoms with Gasteiger partial charge in [0.1, 0.15) is 11.7 Å². The smallest absolute Gasteiger partial charge is 0.345 e. The molecule has 22 heavy (non-hydrogen) atoms. The van der Waals surface area contributed by atoms with Crippen LogP contribution in [0.2, 0.25) is 0 Å². The number of hydrogen-bond acceptors (Lipinski definition) is 6. The number of esters is 1. The Morgan fingerprint density at radius 1 is 1.32 bits per heavy atom. The largest absolute Gasteiger partial charge is 0.472 e. The molecule has 0 amide bonds. The number of carbonyl (C=O) groups is 1. The average molecular weight is 324 g/mol. The molecule has 1 aliphatic heterocycles. The first-order valence-corrected chi connectivity index (χ1v) is 8.96. The van der Waals surface area contributed by atoms with Gasteiger partial charge >= 0.3 is 5.97 Å². The molecule has 1 fully saturated rings. The minimum absolute atomic E-state index is 0.100. The lowest BCUT2D eigenvalue weighted by molar-refractivity contribution is 0.0514. The molecule has 0 radical (unpaired) electrons. The molecule has 2 heterocycles. The van der Waals surface area contributed by atoms with Crippen molar-refractivity contribution in [1.29, 1.82) is 0 Å². The van der Waals surface area contributed by atoms with E-state index in [-0.39, 0.29) is 34.6 Å². The molecule has 0 saturated heterocycles. The van der Waals surface area contributed by atoms with E-state index in [0.717, 1.165) is 32.1 Å². The van der Waals surface area contributed by atoms with Crippen LogP contribution in [0.15, 0.2) is 5.16 Å². The zero-order valence-corrected chi connectivity index (χ0v) is 13.6. The minimum atomic E-state index is -1.29. The first-order valence-electron chi connectivity index (χ1n) is 7.74. The third-order valence-corrected chi connectivity index (χ3v) is 5.76. The van der Waals surface area contributed by atoms with Gasteiger partial charge in [-0.25, -0.2) is 9.78 Å². The number of hydrogen-bond donors (Lipinski definition) is 0. The number of aromatic nitrogens is 2. The van der Waals surface area contributed by atoms with Gasteiger partial charge in [-0.1, -0.05) is 12.8 Å². The van der Waals surface area contributed by atoms with E-state index in [2.05, 4.69) is 9.97 Å². The maximum atomic E-state index is 12.7. The molecule has 0 spiro atoms. The van der Waals surface area contributed by atoms with E-state index in [1.165, 1.54) is 0 Å². The van der Waals surface area contributed by atoms with Crippen molar-refractivity contribution in [1.82, 2.24) is 9.97 Å². The third kappa shape index (κ3) is 2.74. The molecule has 3 rings (SSSR count). The zero-order valence-electron chi connectivity index (χ0n) is 12.8. The summed E-state index contributed by atoms with van der Waals surface area (Å²) in [6, 6.07) is 0. The second kappa shape index (κ2) is 6.32. The molecule has 7 heteroatoms. The molecule has 0 N–H and O–H groups in total. The maximum Gasteiger partial charge on any atom is 0.345 e. The van der Waals surface area contributed by atoms with Gasteiger partial charge in [-0.15, -0.1) is 0 Å². The SMILES string of the molecule is CCOC(=O)c1c(C)nc2nc1OC1CCCCCC1S2=O. The molecule has 2 aliphatic rings. The van der Waals surface area contributed by atoms with Gasteiger partial charge in [0.25, 0.3) is 0 Å². The van der Waals surface area contributed by atoms with Gasteiger partial charge in [0.05, 0.1) is 28.4 Å². The summed E-state index contributed by atoms with van der Waals surface area (Å²) in [5.41, 5.74) is 0.718. The third-order valence-electron chi connectivity index (χ3n) is 4.13. The topological polar surface area (TPSA) is 78.4 Å². The van der Waals surface area contributed by atoms with Gasteiger partial charge in [0.15, 0.2) is 0 Å². The molecule has 6 nitrogen and oxygen atoms in total. The summed E-state index contributed by atoms with van der Waals surface area (Å²) >= 11 is 0. The standard InChI is InChI=1S/C15H20N2O4S/c1-3-20-14(18)12-9(2)16-15-17-13(12)21-10-7-5-4-6-8-11(10)22(15)19/h10-11H,3-8H2,1-2H3. The number of carbonyl (C=O) groups excluding carboxylic acids is 1. The quantitative estimate of drug-likeness (QED) is 0.613. The Balaban J connectivity index is 2.04. The van der Waals surface area contributed by atoms with Crippen molar-refractivity contribution in [3.8, 4) is 5.88 Å². The average Bonchev–Trinajstić information content (AvgIpc) is 2.75. The fourth-order valence-corrected chi connectivity index (χ4v) is 4.55. The molecule has 1 aromatic heterocycles. The van der Waals surface area contributed by atoms with Crippen molar-refractivity contribution in [3.05, 3.63) is 11.3 Å². The Morgan fingerprint density at radius 3 is 2.86 bits per heavy atom. The molecule has 120 valence electrons. The first-order chi connectivity index (χ1) is 10.6. The summed E-state index contributed by atoms with van der Waals surface area (Å²) in [5.74, 6) is -0.261. The van der Waals surface area contributed by atoms with Crippen LogP contribution in [0.3, 0.4) is 0 Å². The summed E-state index contributed by atoms with van der Waals surface area (Å²) in [6.07, 6.45) is 4.69. The highest BCUT2D eigenvalue weighted by molar-refractivity contribution is 7.85. The van der Waals surface area contributed by atoms with Gasteiger partial charge < -0.3 is 9.47 Å². The summed E-state index contributed by atoms with van der Waals surface area (Å²) < 4.78 is 23.8. The molecule has 3 unspecified atom stereocenters. The van der Waals surface area contributed by atoms with Gasteiger partial charge in [0.2, 0.25) is 11.0 Å². The molecule has 0 aromatic carbocycles. The molecule has 1 aromatic rings. The lowest BCUT2D eigenvalue weighted by Crippen LogP contribution is -2.33. The zero-order chi connectivity index (χ0) is 15.7. The van der Waals surface area contributed by atoms with E-state index in [1.807, 2.05) is 0 Å². The van der Waals surface area contributed by atoms with Crippen molar-refractivity contribution in [2.75, 3.05) is 6.61 Å². The highest BCUT2D eigenvalue weighted by atomic mass is 32.2. The van der Waals surface area contributed by atoms with Gasteiger partial charge in [-0.05, 0) is 33.1 Å². The van der Waals surface area contributed by atoms with E-state index in [4.69, 9.17) is 9.47 Å². The molecule has 3 atom stereocenters. The summed E-state index contributed by atoms with van der Waals surface area (Å²) in [7, 11) is -1.29. The number of rotatable bonds is 2. The highest BCUT2D eigenvalue weighted by Crippen LogP contribution is 2.33. The Labute approximate surface area is 132 Å². The molecular formula is C15H20N2O4S. The first kappa shape index (κ1) is 15.4. The highest BCUT2D eigenvalue weighted by Gasteiger charge is 2.38. The van der Waals surface area contributed by atoms with Gasteiger partial charge in [-0.3, -0.25) is 4.21 Å². The van der Waals surface area contributed by atoms with Crippen LogP contribution in [-0.2, 0) is 15.5 Å². The monoisotopic (exact) mass is 324 g/mol.